The summed E-state index contributed by atoms with van der Waals surface area (Å²) >= 11 is 6.14. The lowest BCUT2D eigenvalue weighted by Gasteiger charge is -2.17. The van der Waals surface area contributed by atoms with Crippen LogP contribution in [0.4, 0.5) is 11.4 Å². The summed E-state index contributed by atoms with van der Waals surface area (Å²) in [4.78, 5) is -0.0848. The molecule has 2 aromatic rings. The number of nitrogens with two attached hydrogens (primary N) is 2. The van der Waals surface area contributed by atoms with E-state index in [-0.39, 0.29) is 16.6 Å². The van der Waals surface area contributed by atoms with E-state index in [1.54, 1.807) is 6.07 Å². The molecule has 5 nitrogen and oxygen atoms in total. The van der Waals surface area contributed by atoms with Gasteiger partial charge in [0.15, 0.2) is 0 Å². The quantitative estimate of drug-likeness (QED) is 0.753. The van der Waals surface area contributed by atoms with Crippen LogP contribution < -0.4 is 16.2 Å². The van der Waals surface area contributed by atoms with Crippen molar-refractivity contribution < 1.29 is 8.42 Å². The molecule has 0 aliphatic rings. The van der Waals surface area contributed by atoms with Crippen molar-refractivity contribution in [1.82, 2.24) is 0 Å². The monoisotopic (exact) mass is 325 g/mol. The molecular formula is C14H16ClN3O2S. The number of primary sulfonamides is 1. The predicted molar refractivity (Wildman–Crippen MR) is 85.7 cm³/mol. The minimum atomic E-state index is -3.81. The second kappa shape index (κ2) is 5.93. The van der Waals surface area contributed by atoms with Gasteiger partial charge < -0.3 is 11.1 Å². The zero-order valence-corrected chi connectivity index (χ0v) is 12.9. The van der Waals surface area contributed by atoms with E-state index < -0.39 is 10.0 Å². The van der Waals surface area contributed by atoms with E-state index in [4.69, 9.17) is 22.5 Å². The molecule has 2 rings (SSSR count). The number of nitrogen functional groups attached to an aromatic ring is 1. The van der Waals surface area contributed by atoms with Crippen LogP contribution in [0.1, 0.15) is 18.5 Å². The fraction of sp³-hybridized carbons (Fsp3) is 0.143. The summed E-state index contributed by atoms with van der Waals surface area (Å²) in [7, 11) is -3.81. The molecule has 5 N–H and O–H groups in total. The molecule has 0 amide bonds. The lowest BCUT2D eigenvalue weighted by atomic mass is 10.1. The van der Waals surface area contributed by atoms with Crippen molar-refractivity contribution in [3.8, 4) is 0 Å². The van der Waals surface area contributed by atoms with Crippen LogP contribution in [0.3, 0.4) is 0 Å². The van der Waals surface area contributed by atoms with Crippen molar-refractivity contribution in [2.75, 3.05) is 11.1 Å². The number of hydrogen-bond donors (Lipinski definition) is 3. The first-order valence-electron chi connectivity index (χ1n) is 6.22. The normalized spacial score (nSPS) is 12.9. The molecule has 21 heavy (non-hydrogen) atoms. The minimum absolute atomic E-state index is 0.0570. The molecule has 112 valence electrons. The molecule has 0 aromatic heterocycles. The van der Waals surface area contributed by atoms with Gasteiger partial charge in [0.1, 0.15) is 4.90 Å². The molecule has 0 saturated carbocycles. The predicted octanol–water partition coefficient (Wildman–Crippen LogP) is 2.74. The van der Waals surface area contributed by atoms with Crippen LogP contribution in [0.15, 0.2) is 47.4 Å². The van der Waals surface area contributed by atoms with Crippen molar-refractivity contribution in [2.45, 2.75) is 17.9 Å². The Morgan fingerprint density at radius 2 is 1.86 bits per heavy atom. The number of anilines is 2. The SMILES string of the molecule is CC(Nc1ccc(S(N)(=O)=O)c(N)c1)c1ccccc1Cl. The number of sulfonamides is 1. The van der Waals surface area contributed by atoms with Crippen LogP contribution in [0.5, 0.6) is 0 Å². The van der Waals surface area contributed by atoms with Crippen molar-refractivity contribution in [3.63, 3.8) is 0 Å². The van der Waals surface area contributed by atoms with Gasteiger partial charge in [0.25, 0.3) is 0 Å². The highest BCUT2D eigenvalue weighted by Gasteiger charge is 2.14. The highest BCUT2D eigenvalue weighted by molar-refractivity contribution is 7.89. The molecule has 0 spiro atoms. The fourth-order valence-corrected chi connectivity index (χ4v) is 3.00. The van der Waals surface area contributed by atoms with E-state index in [0.29, 0.717) is 10.7 Å². The minimum Gasteiger partial charge on any atom is -0.398 e. The van der Waals surface area contributed by atoms with Gasteiger partial charge in [0.05, 0.1) is 5.69 Å². The average molecular weight is 326 g/mol. The van der Waals surface area contributed by atoms with Crippen LogP contribution in [-0.4, -0.2) is 8.42 Å². The maximum absolute atomic E-state index is 11.3. The highest BCUT2D eigenvalue weighted by atomic mass is 35.5. The summed E-state index contributed by atoms with van der Waals surface area (Å²) in [5, 5.41) is 8.95. The molecular weight excluding hydrogens is 310 g/mol. The summed E-state index contributed by atoms with van der Waals surface area (Å²) in [6, 6.07) is 12.0. The Bertz CT molecular complexity index is 763. The first-order chi connectivity index (χ1) is 9.79. The molecule has 1 atom stereocenters. The van der Waals surface area contributed by atoms with Gasteiger partial charge in [-0.25, -0.2) is 13.6 Å². The van der Waals surface area contributed by atoms with Crippen LogP contribution in [0.2, 0.25) is 5.02 Å². The molecule has 0 aliphatic heterocycles. The van der Waals surface area contributed by atoms with E-state index in [1.807, 2.05) is 31.2 Å². The van der Waals surface area contributed by atoms with Gasteiger partial charge in [0, 0.05) is 16.8 Å². The van der Waals surface area contributed by atoms with Gasteiger partial charge >= 0.3 is 0 Å². The zero-order chi connectivity index (χ0) is 15.6. The van der Waals surface area contributed by atoms with E-state index in [9.17, 15) is 8.42 Å². The molecule has 0 saturated heterocycles. The molecule has 7 heteroatoms. The molecule has 0 bridgehead atoms. The summed E-state index contributed by atoms with van der Waals surface area (Å²) in [5.74, 6) is 0. The first-order valence-corrected chi connectivity index (χ1v) is 8.15. The number of halogens is 1. The van der Waals surface area contributed by atoms with Gasteiger partial charge in [-0.05, 0) is 36.8 Å². The average Bonchev–Trinajstić information content (AvgIpc) is 2.37. The molecule has 0 radical (unpaired) electrons. The number of hydrogen-bond acceptors (Lipinski definition) is 4. The van der Waals surface area contributed by atoms with Crippen LogP contribution in [0, 0.1) is 0 Å². The zero-order valence-electron chi connectivity index (χ0n) is 11.4. The third-order valence-corrected chi connectivity index (χ3v) is 4.40. The van der Waals surface area contributed by atoms with Crippen LogP contribution >= 0.6 is 11.6 Å². The Hall–Kier alpha value is -1.76. The number of nitrogens with one attached hydrogen (secondary N) is 1. The Labute approximate surface area is 129 Å². The topological polar surface area (TPSA) is 98.2 Å². The van der Waals surface area contributed by atoms with Crippen molar-refractivity contribution in [2.24, 2.45) is 5.14 Å². The third kappa shape index (κ3) is 3.66. The Morgan fingerprint density at radius 3 is 2.43 bits per heavy atom. The second-order valence-electron chi connectivity index (χ2n) is 4.69. The standard InChI is InChI=1S/C14H16ClN3O2S/c1-9(11-4-2-3-5-12(11)15)18-10-6-7-14(13(16)8-10)21(17,19)20/h2-9,18H,16H2,1H3,(H2,17,19,20). The van der Waals surface area contributed by atoms with E-state index in [1.165, 1.54) is 12.1 Å². The van der Waals surface area contributed by atoms with Gasteiger partial charge in [-0.1, -0.05) is 29.8 Å². The molecule has 0 heterocycles. The van der Waals surface area contributed by atoms with Gasteiger partial charge in [-0.15, -0.1) is 0 Å². The van der Waals surface area contributed by atoms with Crippen molar-refractivity contribution in [3.05, 3.63) is 53.1 Å². The Morgan fingerprint density at radius 1 is 1.19 bits per heavy atom. The smallest absolute Gasteiger partial charge is 0.240 e. The second-order valence-corrected chi connectivity index (χ2v) is 6.62. The van der Waals surface area contributed by atoms with Crippen molar-refractivity contribution in [1.29, 1.82) is 0 Å². The Balaban J connectivity index is 2.25. The van der Waals surface area contributed by atoms with Gasteiger partial charge in [-0.3, -0.25) is 0 Å². The molecule has 0 aliphatic carbocycles. The van der Waals surface area contributed by atoms with E-state index in [0.717, 1.165) is 5.56 Å². The Kier molecular flexibility index (Phi) is 4.41. The van der Waals surface area contributed by atoms with Crippen LogP contribution in [0.25, 0.3) is 0 Å². The van der Waals surface area contributed by atoms with E-state index >= 15 is 0 Å². The third-order valence-electron chi connectivity index (χ3n) is 3.07. The number of rotatable bonds is 4. The van der Waals surface area contributed by atoms with Crippen molar-refractivity contribution >= 4 is 33.0 Å². The molecule has 2 aromatic carbocycles. The largest absolute Gasteiger partial charge is 0.398 e. The van der Waals surface area contributed by atoms with Crippen LogP contribution in [-0.2, 0) is 10.0 Å². The summed E-state index contributed by atoms with van der Waals surface area (Å²) in [6.07, 6.45) is 0. The summed E-state index contributed by atoms with van der Waals surface area (Å²) in [5.41, 5.74) is 7.46. The molecule has 0 fully saturated rings. The summed E-state index contributed by atoms with van der Waals surface area (Å²) in [6.45, 7) is 1.95. The van der Waals surface area contributed by atoms with Gasteiger partial charge in [-0.2, -0.15) is 0 Å². The first kappa shape index (κ1) is 15.6. The number of benzene rings is 2. The maximum Gasteiger partial charge on any atom is 0.240 e. The lowest BCUT2D eigenvalue weighted by Crippen LogP contribution is -2.15. The maximum atomic E-state index is 11.3. The van der Waals surface area contributed by atoms with E-state index in [2.05, 4.69) is 5.32 Å². The van der Waals surface area contributed by atoms with Gasteiger partial charge in [0.2, 0.25) is 10.0 Å². The highest BCUT2D eigenvalue weighted by Crippen LogP contribution is 2.28. The fourth-order valence-electron chi connectivity index (χ4n) is 2.05. The lowest BCUT2D eigenvalue weighted by molar-refractivity contribution is 0.598. The summed E-state index contributed by atoms with van der Waals surface area (Å²) < 4.78 is 22.6. The molecule has 1 unspecified atom stereocenters.